The van der Waals surface area contributed by atoms with Crippen molar-refractivity contribution in [2.75, 3.05) is 19.6 Å². The number of piperidine rings is 1. The first-order valence-corrected chi connectivity index (χ1v) is 9.99. The molecular formula is C18H29BCl2N2O2. The van der Waals surface area contributed by atoms with Gasteiger partial charge in [-0.15, -0.1) is 0 Å². The van der Waals surface area contributed by atoms with Crippen LogP contribution in [0.3, 0.4) is 0 Å². The van der Waals surface area contributed by atoms with Crippen LogP contribution in [0.2, 0.25) is 16.4 Å². The predicted octanol–water partition coefficient (Wildman–Crippen LogP) is 3.22. The van der Waals surface area contributed by atoms with Crippen LogP contribution in [-0.4, -0.2) is 47.7 Å². The molecule has 25 heavy (non-hydrogen) atoms. The second-order valence-corrected chi connectivity index (χ2v) is 7.94. The Kier molecular flexibility index (Phi) is 9.04. The van der Waals surface area contributed by atoms with Gasteiger partial charge in [0, 0.05) is 22.6 Å². The Hall–Kier alpha value is -0.295. The molecule has 1 aliphatic rings. The minimum atomic E-state index is -1.19. The van der Waals surface area contributed by atoms with E-state index in [1.54, 1.807) is 6.07 Å². The summed E-state index contributed by atoms with van der Waals surface area (Å²) in [5, 5.41) is 19.2. The van der Waals surface area contributed by atoms with E-state index in [4.69, 9.17) is 39.0 Å². The Morgan fingerprint density at radius 3 is 2.56 bits per heavy atom. The fraction of sp³-hybridized carbons (Fsp3) is 0.667. The predicted molar refractivity (Wildman–Crippen MR) is 106 cm³/mol. The van der Waals surface area contributed by atoms with E-state index >= 15 is 0 Å². The summed E-state index contributed by atoms with van der Waals surface area (Å²) in [6, 6.07) is 5.93. The van der Waals surface area contributed by atoms with Gasteiger partial charge in [0.25, 0.3) is 0 Å². The van der Waals surface area contributed by atoms with Crippen molar-refractivity contribution in [3.05, 3.63) is 33.8 Å². The molecular weight excluding hydrogens is 358 g/mol. The number of hydrogen-bond donors (Lipinski definition) is 3. The van der Waals surface area contributed by atoms with Gasteiger partial charge in [-0.25, -0.2) is 0 Å². The topological polar surface area (TPSA) is 69.7 Å². The highest BCUT2D eigenvalue weighted by atomic mass is 35.5. The lowest BCUT2D eigenvalue weighted by Crippen LogP contribution is -2.41. The standard InChI is InChI=1S/C18H29BCl2N2O2/c20-16-5-4-14(17(21)13-16)6-10-23-11-7-15(8-12-23)18(22)3-1-2-9-19(24)25/h4-5,13,15,18,24-25H,1-3,6-12,22H2. The van der Waals surface area contributed by atoms with Crippen molar-refractivity contribution in [3.63, 3.8) is 0 Å². The molecule has 1 aromatic rings. The van der Waals surface area contributed by atoms with Crippen molar-refractivity contribution in [2.24, 2.45) is 11.7 Å². The van der Waals surface area contributed by atoms with E-state index < -0.39 is 7.12 Å². The van der Waals surface area contributed by atoms with Crippen LogP contribution in [-0.2, 0) is 6.42 Å². The number of hydrogen-bond acceptors (Lipinski definition) is 4. The molecule has 7 heteroatoms. The zero-order valence-electron chi connectivity index (χ0n) is 14.7. The molecule has 4 N–H and O–H groups in total. The van der Waals surface area contributed by atoms with Crippen molar-refractivity contribution >= 4 is 30.3 Å². The summed E-state index contributed by atoms with van der Waals surface area (Å²) in [4.78, 5) is 2.48. The molecule has 0 amide bonds. The van der Waals surface area contributed by atoms with Gasteiger partial charge >= 0.3 is 7.12 Å². The number of nitrogens with zero attached hydrogens (tertiary/aromatic N) is 1. The average molecular weight is 387 g/mol. The third-order valence-electron chi connectivity index (χ3n) is 5.20. The maximum absolute atomic E-state index is 8.86. The molecule has 0 radical (unpaired) electrons. The lowest BCUT2D eigenvalue weighted by molar-refractivity contribution is 0.167. The third-order valence-corrected chi connectivity index (χ3v) is 5.79. The molecule has 1 unspecified atom stereocenters. The number of benzene rings is 1. The molecule has 0 aromatic heterocycles. The van der Waals surface area contributed by atoms with Crippen LogP contribution in [0.1, 0.15) is 37.7 Å². The maximum atomic E-state index is 8.86. The van der Waals surface area contributed by atoms with E-state index in [9.17, 15) is 0 Å². The van der Waals surface area contributed by atoms with Gasteiger partial charge in [-0.1, -0.05) is 42.1 Å². The van der Waals surface area contributed by atoms with Crippen LogP contribution in [0.5, 0.6) is 0 Å². The molecule has 1 aromatic carbocycles. The normalized spacial score (nSPS) is 17.6. The summed E-state index contributed by atoms with van der Waals surface area (Å²) >= 11 is 12.2. The van der Waals surface area contributed by atoms with Gasteiger partial charge in [-0.2, -0.15) is 0 Å². The molecule has 140 valence electrons. The summed E-state index contributed by atoms with van der Waals surface area (Å²) in [5.74, 6) is 0.578. The zero-order valence-corrected chi connectivity index (χ0v) is 16.2. The van der Waals surface area contributed by atoms with Crippen molar-refractivity contribution < 1.29 is 10.0 Å². The summed E-state index contributed by atoms with van der Waals surface area (Å²) in [7, 11) is -1.19. The summed E-state index contributed by atoms with van der Waals surface area (Å²) < 4.78 is 0. The van der Waals surface area contributed by atoms with Crippen LogP contribution >= 0.6 is 23.2 Å². The van der Waals surface area contributed by atoms with Crippen molar-refractivity contribution in [1.29, 1.82) is 0 Å². The van der Waals surface area contributed by atoms with Crippen molar-refractivity contribution in [1.82, 2.24) is 4.90 Å². The quantitative estimate of drug-likeness (QED) is 0.450. The molecule has 0 bridgehead atoms. The molecule has 0 spiro atoms. The highest BCUT2D eigenvalue weighted by Crippen LogP contribution is 2.25. The number of rotatable bonds is 9. The van der Waals surface area contributed by atoms with Crippen LogP contribution < -0.4 is 5.73 Å². The van der Waals surface area contributed by atoms with Gasteiger partial charge in [-0.3, -0.25) is 0 Å². The molecule has 2 rings (SSSR count). The van der Waals surface area contributed by atoms with Gasteiger partial charge < -0.3 is 20.7 Å². The first-order chi connectivity index (χ1) is 12.0. The summed E-state index contributed by atoms with van der Waals surface area (Å²) in [6.45, 7) is 3.18. The Morgan fingerprint density at radius 2 is 1.92 bits per heavy atom. The molecule has 0 saturated carbocycles. The Balaban J connectivity index is 1.65. The summed E-state index contributed by atoms with van der Waals surface area (Å²) in [6.07, 6.45) is 6.42. The van der Waals surface area contributed by atoms with Crippen LogP contribution in [0, 0.1) is 5.92 Å². The first kappa shape index (κ1) is 21.0. The Morgan fingerprint density at radius 1 is 1.20 bits per heavy atom. The van der Waals surface area contributed by atoms with Gasteiger partial charge in [0.2, 0.25) is 0 Å². The maximum Gasteiger partial charge on any atom is 0.451 e. The van der Waals surface area contributed by atoms with E-state index in [1.165, 1.54) is 0 Å². The number of likely N-dealkylation sites (tertiary alicyclic amines) is 1. The fourth-order valence-corrected chi connectivity index (χ4v) is 4.05. The third kappa shape index (κ3) is 7.45. The first-order valence-electron chi connectivity index (χ1n) is 9.23. The van der Waals surface area contributed by atoms with E-state index in [0.29, 0.717) is 17.3 Å². The molecule has 0 aliphatic carbocycles. The summed E-state index contributed by atoms with van der Waals surface area (Å²) in [5.41, 5.74) is 7.49. The molecule has 1 fully saturated rings. The van der Waals surface area contributed by atoms with E-state index in [1.807, 2.05) is 12.1 Å². The smallest absolute Gasteiger partial charge is 0.427 e. The van der Waals surface area contributed by atoms with E-state index in [-0.39, 0.29) is 6.04 Å². The molecule has 4 nitrogen and oxygen atoms in total. The second-order valence-electron chi connectivity index (χ2n) is 7.09. The Bertz CT molecular complexity index is 526. The lowest BCUT2D eigenvalue weighted by Gasteiger charge is -2.35. The minimum Gasteiger partial charge on any atom is -0.427 e. The molecule has 1 saturated heterocycles. The lowest BCUT2D eigenvalue weighted by atomic mass is 9.82. The van der Waals surface area contributed by atoms with Gasteiger partial charge in [0.1, 0.15) is 0 Å². The van der Waals surface area contributed by atoms with Crippen molar-refractivity contribution in [3.8, 4) is 0 Å². The zero-order chi connectivity index (χ0) is 18.2. The largest absolute Gasteiger partial charge is 0.451 e. The van der Waals surface area contributed by atoms with Gasteiger partial charge in [0.15, 0.2) is 0 Å². The van der Waals surface area contributed by atoms with Crippen LogP contribution in [0.4, 0.5) is 0 Å². The van der Waals surface area contributed by atoms with E-state index in [0.717, 1.165) is 68.7 Å². The van der Waals surface area contributed by atoms with E-state index in [2.05, 4.69) is 4.90 Å². The highest BCUT2D eigenvalue weighted by Gasteiger charge is 2.24. The number of nitrogens with two attached hydrogens (primary N) is 1. The average Bonchev–Trinajstić information content (AvgIpc) is 2.58. The van der Waals surface area contributed by atoms with Crippen LogP contribution in [0.15, 0.2) is 18.2 Å². The van der Waals surface area contributed by atoms with Crippen molar-refractivity contribution in [2.45, 2.75) is 50.9 Å². The Labute approximate surface area is 161 Å². The number of halogens is 2. The highest BCUT2D eigenvalue weighted by molar-refractivity contribution is 6.40. The SMILES string of the molecule is NC(CCCCB(O)O)C1CCN(CCc2ccc(Cl)cc2Cl)CC1. The van der Waals surface area contributed by atoms with Crippen LogP contribution in [0.25, 0.3) is 0 Å². The molecule has 1 atom stereocenters. The second kappa shape index (κ2) is 10.8. The fourth-order valence-electron chi connectivity index (χ4n) is 3.55. The monoisotopic (exact) mass is 386 g/mol. The number of unbranched alkanes of at least 4 members (excludes halogenated alkanes) is 1. The minimum absolute atomic E-state index is 0.226. The molecule has 1 heterocycles. The molecule has 1 aliphatic heterocycles. The van der Waals surface area contributed by atoms with Gasteiger partial charge in [0.05, 0.1) is 0 Å². The van der Waals surface area contributed by atoms with Gasteiger partial charge in [-0.05, 0) is 68.7 Å².